The van der Waals surface area contributed by atoms with E-state index >= 15 is 0 Å². The second kappa shape index (κ2) is 7.87. The standard InChI is InChI=1S/C20H16F3N7/c21-20(22,23)17-9-16(25-11-15(10-24)19-26-28-29-27-19)5-6-18(17)30-8-7-13-3-1-2-4-14(13)12-30/h1-6,9,11,25H,7-8,12H2,(H,26,27,28,29). The normalized spacial score (nSPS) is 14.2. The van der Waals surface area contributed by atoms with Crippen LogP contribution in [0.15, 0.2) is 48.7 Å². The summed E-state index contributed by atoms with van der Waals surface area (Å²) in [7, 11) is 0. The Hall–Kier alpha value is -3.87. The van der Waals surface area contributed by atoms with E-state index in [0.717, 1.165) is 17.2 Å². The molecule has 0 atom stereocenters. The van der Waals surface area contributed by atoms with Crippen LogP contribution in [0.4, 0.5) is 24.5 Å². The van der Waals surface area contributed by atoms with Crippen molar-refractivity contribution in [1.29, 1.82) is 5.26 Å². The predicted octanol–water partition coefficient (Wildman–Crippen LogP) is 3.76. The number of rotatable bonds is 4. The van der Waals surface area contributed by atoms with Crippen molar-refractivity contribution < 1.29 is 13.2 Å². The smallest absolute Gasteiger partial charge is 0.366 e. The third-order valence-corrected chi connectivity index (χ3v) is 4.86. The number of anilines is 2. The first-order chi connectivity index (χ1) is 14.5. The van der Waals surface area contributed by atoms with Gasteiger partial charge in [0.05, 0.1) is 5.56 Å². The highest BCUT2D eigenvalue weighted by atomic mass is 19.4. The van der Waals surface area contributed by atoms with Gasteiger partial charge in [-0.2, -0.15) is 23.6 Å². The zero-order valence-electron chi connectivity index (χ0n) is 15.6. The van der Waals surface area contributed by atoms with Crippen molar-refractivity contribution in [1.82, 2.24) is 20.6 Å². The highest BCUT2D eigenvalue weighted by Crippen LogP contribution is 2.39. The van der Waals surface area contributed by atoms with Gasteiger partial charge in [0.25, 0.3) is 0 Å². The Morgan fingerprint density at radius 3 is 2.70 bits per heavy atom. The van der Waals surface area contributed by atoms with Crippen molar-refractivity contribution in [2.24, 2.45) is 0 Å². The maximum atomic E-state index is 13.8. The van der Waals surface area contributed by atoms with Crippen LogP contribution in [0.25, 0.3) is 5.57 Å². The molecule has 152 valence electrons. The molecule has 0 amide bonds. The Morgan fingerprint density at radius 2 is 2.00 bits per heavy atom. The molecule has 0 saturated carbocycles. The minimum Gasteiger partial charge on any atom is -0.366 e. The zero-order valence-corrected chi connectivity index (χ0v) is 15.6. The largest absolute Gasteiger partial charge is 0.418 e. The van der Waals surface area contributed by atoms with E-state index in [-0.39, 0.29) is 22.8 Å². The molecular weight excluding hydrogens is 395 g/mol. The van der Waals surface area contributed by atoms with E-state index in [1.807, 2.05) is 30.3 Å². The number of halogens is 3. The van der Waals surface area contributed by atoms with Gasteiger partial charge in [0, 0.05) is 30.7 Å². The minimum absolute atomic E-state index is 0.0361. The maximum Gasteiger partial charge on any atom is 0.418 e. The van der Waals surface area contributed by atoms with Gasteiger partial charge in [-0.1, -0.05) is 24.3 Å². The number of nitrogens with one attached hydrogen (secondary N) is 2. The lowest BCUT2D eigenvalue weighted by Gasteiger charge is -2.32. The number of fused-ring (bicyclic) bond motifs is 1. The summed E-state index contributed by atoms with van der Waals surface area (Å²) in [5.41, 5.74) is 1.81. The molecule has 2 heterocycles. The molecule has 1 aliphatic heterocycles. The average molecular weight is 411 g/mol. The molecule has 0 spiro atoms. The lowest BCUT2D eigenvalue weighted by molar-refractivity contribution is -0.137. The fraction of sp³-hybridized carbons (Fsp3) is 0.200. The van der Waals surface area contributed by atoms with Gasteiger partial charge in [0.2, 0.25) is 5.82 Å². The van der Waals surface area contributed by atoms with Gasteiger partial charge in [-0.25, -0.2) is 0 Å². The number of alkyl halides is 3. The van der Waals surface area contributed by atoms with E-state index < -0.39 is 11.7 Å². The Balaban J connectivity index is 1.63. The number of aromatic amines is 1. The lowest BCUT2D eigenvalue weighted by Crippen LogP contribution is -2.32. The molecule has 3 aromatic rings. The van der Waals surface area contributed by atoms with Crippen LogP contribution in [0.1, 0.15) is 22.5 Å². The van der Waals surface area contributed by atoms with E-state index in [1.54, 1.807) is 11.0 Å². The molecule has 0 aliphatic carbocycles. The average Bonchev–Trinajstić information content (AvgIpc) is 3.28. The monoisotopic (exact) mass is 411 g/mol. The van der Waals surface area contributed by atoms with Crippen molar-refractivity contribution >= 4 is 16.9 Å². The van der Waals surface area contributed by atoms with Crippen LogP contribution in [0, 0.1) is 11.3 Å². The Morgan fingerprint density at radius 1 is 1.20 bits per heavy atom. The van der Waals surface area contributed by atoms with Crippen LogP contribution in [-0.4, -0.2) is 27.2 Å². The van der Waals surface area contributed by atoms with E-state index in [9.17, 15) is 18.4 Å². The van der Waals surface area contributed by atoms with Gasteiger partial charge in [0.15, 0.2) is 0 Å². The molecule has 0 bridgehead atoms. The van der Waals surface area contributed by atoms with Gasteiger partial charge < -0.3 is 10.2 Å². The summed E-state index contributed by atoms with van der Waals surface area (Å²) in [6.45, 7) is 0.922. The second-order valence-electron chi connectivity index (χ2n) is 6.72. The molecule has 30 heavy (non-hydrogen) atoms. The van der Waals surface area contributed by atoms with Gasteiger partial charge in [-0.15, -0.1) is 10.2 Å². The Bertz CT molecular complexity index is 1110. The Labute approximate surface area is 169 Å². The number of hydrogen-bond donors (Lipinski definition) is 2. The van der Waals surface area contributed by atoms with Crippen LogP contribution >= 0.6 is 0 Å². The first kappa shape index (κ1) is 19.4. The van der Waals surface area contributed by atoms with Gasteiger partial charge in [0.1, 0.15) is 11.6 Å². The van der Waals surface area contributed by atoms with Crippen molar-refractivity contribution in [3.05, 3.63) is 71.2 Å². The van der Waals surface area contributed by atoms with Gasteiger partial charge >= 0.3 is 6.18 Å². The molecule has 0 unspecified atom stereocenters. The second-order valence-corrected chi connectivity index (χ2v) is 6.72. The van der Waals surface area contributed by atoms with Crippen molar-refractivity contribution in [2.75, 3.05) is 16.8 Å². The van der Waals surface area contributed by atoms with E-state index in [1.165, 1.54) is 12.3 Å². The van der Waals surface area contributed by atoms with E-state index in [0.29, 0.717) is 19.5 Å². The van der Waals surface area contributed by atoms with Crippen molar-refractivity contribution in [3.8, 4) is 6.07 Å². The number of allylic oxidation sites excluding steroid dienone is 1. The summed E-state index contributed by atoms with van der Waals surface area (Å²) < 4.78 is 41.4. The number of nitriles is 1. The quantitative estimate of drug-likeness (QED) is 0.635. The molecular formula is C20H16F3N7. The van der Waals surface area contributed by atoms with Gasteiger partial charge in [-0.05, 0) is 41.0 Å². The SMILES string of the molecule is N#CC(=CNc1ccc(N2CCc3ccccc3C2)c(C(F)(F)F)c1)c1nn[nH]n1. The van der Waals surface area contributed by atoms with Crippen LogP contribution in [-0.2, 0) is 19.1 Å². The fourth-order valence-electron chi connectivity index (χ4n) is 3.41. The number of nitrogens with zero attached hydrogens (tertiary/aromatic N) is 5. The number of aromatic nitrogens is 4. The first-order valence-corrected chi connectivity index (χ1v) is 9.09. The van der Waals surface area contributed by atoms with Crippen molar-refractivity contribution in [2.45, 2.75) is 19.1 Å². The summed E-state index contributed by atoms with van der Waals surface area (Å²) in [5.74, 6) is 0.0460. The molecule has 2 N–H and O–H groups in total. The zero-order chi connectivity index (χ0) is 21.1. The summed E-state index contributed by atoms with van der Waals surface area (Å²) in [4.78, 5) is 1.74. The summed E-state index contributed by atoms with van der Waals surface area (Å²) in [5, 5.41) is 24.9. The number of benzene rings is 2. The molecule has 0 fully saturated rings. The molecule has 10 heteroatoms. The molecule has 1 aromatic heterocycles. The lowest BCUT2D eigenvalue weighted by atomic mass is 9.98. The van der Waals surface area contributed by atoms with Crippen LogP contribution in [0.2, 0.25) is 0 Å². The number of tetrazole rings is 1. The molecule has 1 aliphatic rings. The number of H-pyrrole nitrogens is 1. The van der Waals surface area contributed by atoms with Crippen LogP contribution in [0.3, 0.4) is 0 Å². The van der Waals surface area contributed by atoms with Crippen LogP contribution in [0.5, 0.6) is 0 Å². The molecule has 0 saturated heterocycles. The maximum absolute atomic E-state index is 13.8. The fourth-order valence-corrected chi connectivity index (χ4v) is 3.41. The Kier molecular flexibility index (Phi) is 5.10. The topological polar surface area (TPSA) is 93.5 Å². The van der Waals surface area contributed by atoms with E-state index in [2.05, 4.69) is 25.9 Å². The van der Waals surface area contributed by atoms with Gasteiger partial charge in [-0.3, -0.25) is 0 Å². The third-order valence-electron chi connectivity index (χ3n) is 4.86. The molecule has 0 radical (unpaired) electrons. The summed E-state index contributed by atoms with van der Waals surface area (Å²) in [6, 6.07) is 13.7. The third kappa shape index (κ3) is 3.96. The molecule has 4 rings (SSSR count). The highest BCUT2D eigenvalue weighted by Gasteiger charge is 2.35. The molecule has 2 aromatic carbocycles. The first-order valence-electron chi connectivity index (χ1n) is 9.09. The van der Waals surface area contributed by atoms with E-state index in [4.69, 9.17) is 0 Å². The predicted molar refractivity (Wildman–Crippen MR) is 104 cm³/mol. The summed E-state index contributed by atoms with van der Waals surface area (Å²) >= 11 is 0. The minimum atomic E-state index is -4.53. The number of hydrogen-bond acceptors (Lipinski definition) is 6. The highest BCUT2D eigenvalue weighted by molar-refractivity contribution is 5.74. The van der Waals surface area contributed by atoms with Crippen molar-refractivity contribution in [3.63, 3.8) is 0 Å². The molecule has 7 nitrogen and oxygen atoms in total. The van der Waals surface area contributed by atoms with Crippen LogP contribution < -0.4 is 10.2 Å². The summed E-state index contributed by atoms with van der Waals surface area (Å²) in [6.07, 6.45) is -2.59.